The number of hydrogen-bond acceptors (Lipinski definition) is 5. The monoisotopic (exact) mass is 425 g/mol. The molecular weight excluding hydrogens is 408 g/mol. The van der Waals surface area contributed by atoms with Crippen LogP contribution in [-0.2, 0) is 9.84 Å². The zero-order chi connectivity index (χ0) is 21.5. The van der Waals surface area contributed by atoms with Gasteiger partial charge in [-0.25, -0.2) is 17.2 Å². The highest BCUT2D eigenvalue weighted by Gasteiger charge is 2.21. The van der Waals surface area contributed by atoms with Crippen LogP contribution >= 0.6 is 0 Å². The average molecular weight is 425 g/mol. The Hall–Kier alpha value is -3.39. The van der Waals surface area contributed by atoms with Gasteiger partial charge >= 0.3 is 0 Å². The van der Waals surface area contributed by atoms with Crippen molar-refractivity contribution in [2.75, 3.05) is 11.2 Å². The smallest absolute Gasteiger partial charge is 0.178 e. The van der Waals surface area contributed by atoms with E-state index in [-0.39, 0.29) is 4.90 Å². The molecule has 8 heteroatoms. The van der Waals surface area contributed by atoms with Gasteiger partial charge < -0.3 is 4.90 Å². The van der Waals surface area contributed by atoms with Crippen LogP contribution in [0.2, 0.25) is 0 Å². The summed E-state index contributed by atoms with van der Waals surface area (Å²) in [6, 6.07) is 13.8. The maximum absolute atomic E-state index is 14.8. The summed E-state index contributed by atoms with van der Waals surface area (Å²) in [5.74, 6) is -1.25. The number of aryl methyl sites for hydroxylation is 1. The van der Waals surface area contributed by atoms with Crippen molar-refractivity contribution in [2.24, 2.45) is 0 Å². The first-order chi connectivity index (χ1) is 14.2. The van der Waals surface area contributed by atoms with Crippen LogP contribution < -0.4 is 4.90 Å². The number of hydrogen-bond donors (Lipinski definition) is 0. The lowest BCUT2D eigenvalue weighted by Gasteiger charge is -2.27. The minimum Gasteiger partial charge on any atom is -0.310 e. The summed E-state index contributed by atoms with van der Waals surface area (Å²) in [5.41, 5.74) is 2.26. The molecule has 0 atom stereocenters. The largest absolute Gasteiger partial charge is 0.310 e. The van der Waals surface area contributed by atoms with Gasteiger partial charge in [-0.15, -0.1) is 0 Å². The molecule has 0 aliphatic heterocycles. The fraction of sp³-hybridized carbons (Fsp3) is 0.0909. The van der Waals surface area contributed by atoms with Crippen molar-refractivity contribution >= 4 is 37.7 Å². The Morgan fingerprint density at radius 3 is 2.13 bits per heavy atom. The number of sulfone groups is 1. The molecule has 0 fully saturated rings. The molecule has 3 aromatic carbocycles. The van der Waals surface area contributed by atoms with Gasteiger partial charge in [0.25, 0.3) is 0 Å². The molecule has 0 unspecified atom stereocenters. The second-order valence-corrected chi connectivity index (χ2v) is 8.94. The number of rotatable bonds is 4. The summed E-state index contributed by atoms with van der Waals surface area (Å²) in [5, 5.41) is 9.45. The zero-order valence-electron chi connectivity index (χ0n) is 16.2. The molecule has 0 aliphatic carbocycles. The van der Waals surface area contributed by atoms with Crippen molar-refractivity contribution in [2.45, 2.75) is 11.8 Å². The highest BCUT2D eigenvalue weighted by Crippen LogP contribution is 2.39. The maximum Gasteiger partial charge on any atom is 0.178 e. The molecule has 0 aliphatic rings. The molecule has 0 N–H and O–H groups in total. The molecule has 5 nitrogen and oxygen atoms in total. The molecule has 0 saturated carbocycles. The van der Waals surface area contributed by atoms with Crippen molar-refractivity contribution in [1.82, 2.24) is 10.2 Å². The van der Waals surface area contributed by atoms with Gasteiger partial charge in [-0.2, -0.15) is 10.2 Å². The molecule has 0 radical (unpaired) electrons. The average Bonchev–Trinajstić information content (AvgIpc) is 2.71. The summed E-state index contributed by atoms with van der Waals surface area (Å²) < 4.78 is 52.1. The van der Waals surface area contributed by atoms with E-state index in [1.54, 1.807) is 36.4 Å². The first-order valence-corrected chi connectivity index (χ1v) is 10.9. The lowest BCUT2D eigenvalue weighted by atomic mass is 10.1. The molecule has 1 aromatic heterocycles. The van der Waals surface area contributed by atoms with E-state index >= 15 is 0 Å². The van der Waals surface area contributed by atoms with Crippen LogP contribution in [0.3, 0.4) is 0 Å². The Labute approximate surface area is 172 Å². The van der Waals surface area contributed by atoms with Crippen LogP contribution in [-0.4, -0.2) is 24.9 Å². The third-order valence-corrected chi connectivity index (χ3v) is 5.88. The lowest BCUT2D eigenvalue weighted by Crippen LogP contribution is -2.13. The molecule has 4 rings (SSSR count). The first-order valence-electron chi connectivity index (χ1n) is 9.00. The third-order valence-electron chi connectivity index (χ3n) is 4.76. The highest BCUT2D eigenvalue weighted by atomic mass is 32.2. The van der Waals surface area contributed by atoms with Gasteiger partial charge in [0.2, 0.25) is 0 Å². The Balaban J connectivity index is 1.96. The third kappa shape index (κ3) is 3.73. The number of benzene rings is 3. The van der Waals surface area contributed by atoms with Crippen LogP contribution in [0.5, 0.6) is 0 Å². The Morgan fingerprint density at radius 2 is 1.47 bits per heavy atom. The van der Waals surface area contributed by atoms with Crippen molar-refractivity contribution in [3.8, 4) is 0 Å². The zero-order valence-corrected chi connectivity index (χ0v) is 17.0. The molecule has 4 aromatic rings. The van der Waals surface area contributed by atoms with E-state index in [9.17, 15) is 17.2 Å². The van der Waals surface area contributed by atoms with Crippen LogP contribution in [0.15, 0.2) is 71.9 Å². The van der Waals surface area contributed by atoms with E-state index < -0.39 is 21.5 Å². The van der Waals surface area contributed by atoms with E-state index in [2.05, 4.69) is 10.2 Å². The van der Waals surface area contributed by atoms with Gasteiger partial charge in [0, 0.05) is 28.4 Å². The van der Waals surface area contributed by atoms with Gasteiger partial charge in [0.1, 0.15) is 16.5 Å². The molecule has 0 saturated heterocycles. The van der Waals surface area contributed by atoms with Crippen molar-refractivity contribution in [3.05, 3.63) is 84.2 Å². The molecule has 0 bridgehead atoms. The van der Waals surface area contributed by atoms with Crippen LogP contribution in [0, 0.1) is 18.6 Å². The fourth-order valence-corrected chi connectivity index (χ4v) is 4.11. The van der Waals surface area contributed by atoms with Crippen molar-refractivity contribution in [3.63, 3.8) is 0 Å². The van der Waals surface area contributed by atoms with Gasteiger partial charge in [-0.05, 0) is 61.0 Å². The molecule has 1 heterocycles. The second kappa shape index (κ2) is 7.46. The predicted molar refractivity (Wildman–Crippen MR) is 112 cm³/mol. The van der Waals surface area contributed by atoms with Crippen molar-refractivity contribution < 1.29 is 17.2 Å². The number of anilines is 3. The maximum atomic E-state index is 14.8. The highest BCUT2D eigenvalue weighted by molar-refractivity contribution is 7.90. The Kier molecular flexibility index (Phi) is 4.95. The lowest BCUT2D eigenvalue weighted by molar-refractivity contribution is 0.570. The van der Waals surface area contributed by atoms with Gasteiger partial charge in [0.15, 0.2) is 9.84 Å². The van der Waals surface area contributed by atoms with Gasteiger partial charge in [0.05, 0.1) is 18.1 Å². The minimum atomic E-state index is -3.72. The first kappa shape index (κ1) is 19.9. The number of fused-ring (bicyclic) bond motifs is 1. The summed E-state index contributed by atoms with van der Waals surface area (Å²) in [6.45, 7) is 1.70. The second-order valence-electron chi connectivity index (χ2n) is 6.96. The molecule has 0 spiro atoms. The summed E-state index contributed by atoms with van der Waals surface area (Å²) >= 11 is 0. The van der Waals surface area contributed by atoms with E-state index in [1.165, 1.54) is 24.3 Å². The fourth-order valence-electron chi connectivity index (χ4n) is 3.31. The van der Waals surface area contributed by atoms with Crippen LogP contribution in [0.25, 0.3) is 10.8 Å². The number of nitrogens with zero attached hydrogens (tertiary/aromatic N) is 3. The number of halogens is 2. The van der Waals surface area contributed by atoms with E-state index in [0.717, 1.165) is 17.0 Å². The molecular formula is C22H17F2N3O2S. The predicted octanol–water partition coefficient (Wildman–Crippen LogP) is 5.09. The Morgan fingerprint density at radius 1 is 0.833 bits per heavy atom. The van der Waals surface area contributed by atoms with E-state index in [0.29, 0.717) is 22.6 Å². The summed E-state index contributed by atoms with van der Waals surface area (Å²) in [4.78, 5) is 1.38. The molecule has 152 valence electrons. The number of aromatic nitrogens is 2. The quantitative estimate of drug-likeness (QED) is 0.456. The van der Waals surface area contributed by atoms with Gasteiger partial charge in [-0.1, -0.05) is 6.07 Å². The van der Waals surface area contributed by atoms with Gasteiger partial charge in [-0.3, -0.25) is 0 Å². The van der Waals surface area contributed by atoms with E-state index in [1.807, 2.05) is 18.2 Å². The minimum absolute atomic E-state index is 0.364. The van der Waals surface area contributed by atoms with E-state index in [4.69, 9.17) is 0 Å². The van der Waals surface area contributed by atoms with Crippen LogP contribution in [0.4, 0.5) is 25.8 Å². The SMILES string of the molecule is Cc1cc(S(C)(=O)=O)c(F)cc1N(c1ccc(F)cc1)c1ccc2cnncc2c1. The summed E-state index contributed by atoms with van der Waals surface area (Å²) in [7, 11) is -3.72. The summed E-state index contributed by atoms with van der Waals surface area (Å²) in [6.07, 6.45) is 4.21. The molecule has 30 heavy (non-hydrogen) atoms. The van der Waals surface area contributed by atoms with Crippen LogP contribution in [0.1, 0.15) is 5.56 Å². The topological polar surface area (TPSA) is 63.2 Å². The Bertz CT molecular complexity index is 1360. The normalized spacial score (nSPS) is 11.6. The molecule has 0 amide bonds. The standard InChI is InChI=1S/C22H17F2N3O2S/c1-14-9-22(30(2,28)29)20(24)11-21(14)27(18-7-4-17(23)5-8-18)19-6-3-15-12-25-26-13-16(15)10-19/h3-13H,1-2H3. The van der Waals surface area contributed by atoms with Crippen molar-refractivity contribution in [1.29, 1.82) is 0 Å².